The second kappa shape index (κ2) is 7.14. The van der Waals surface area contributed by atoms with Crippen LogP contribution in [-0.4, -0.2) is 34.6 Å². The first-order chi connectivity index (χ1) is 11.5. The van der Waals surface area contributed by atoms with Gasteiger partial charge in [0.05, 0.1) is 5.56 Å². The van der Waals surface area contributed by atoms with E-state index in [9.17, 15) is 9.59 Å². The molecule has 3 heterocycles. The van der Waals surface area contributed by atoms with Gasteiger partial charge in [0.2, 0.25) is 5.91 Å². The highest BCUT2D eigenvalue weighted by Gasteiger charge is 2.22. The quantitative estimate of drug-likeness (QED) is 0.830. The number of aromatic nitrogens is 2. The lowest BCUT2D eigenvalue weighted by molar-refractivity contribution is 0.100. The summed E-state index contributed by atoms with van der Waals surface area (Å²) >= 11 is 1.53. The Balaban J connectivity index is 1.62. The molecule has 2 aromatic heterocycles. The number of primary amides is 1. The summed E-state index contributed by atoms with van der Waals surface area (Å²) in [5.41, 5.74) is 5.76. The average Bonchev–Trinajstić information content (AvgIpc) is 3.05. The van der Waals surface area contributed by atoms with E-state index in [-0.39, 0.29) is 11.6 Å². The van der Waals surface area contributed by atoms with E-state index in [1.165, 1.54) is 11.3 Å². The highest BCUT2D eigenvalue weighted by atomic mass is 32.1. The van der Waals surface area contributed by atoms with Crippen LogP contribution < -0.4 is 21.5 Å². The van der Waals surface area contributed by atoms with Gasteiger partial charge in [-0.25, -0.2) is 4.98 Å². The Kier molecular flexibility index (Phi) is 4.96. The summed E-state index contributed by atoms with van der Waals surface area (Å²) in [6.07, 6.45) is 5.38. The number of carbonyl (C=O) groups excluding carboxylic acids is 1. The highest BCUT2D eigenvalue weighted by Crippen LogP contribution is 2.17. The van der Waals surface area contributed by atoms with E-state index in [4.69, 9.17) is 5.73 Å². The molecule has 128 valence electrons. The summed E-state index contributed by atoms with van der Waals surface area (Å²) < 4.78 is 1.55. The van der Waals surface area contributed by atoms with Crippen LogP contribution in [0.5, 0.6) is 0 Å². The van der Waals surface area contributed by atoms with Gasteiger partial charge in [0.25, 0.3) is 5.56 Å². The van der Waals surface area contributed by atoms with Crippen molar-refractivity contribution in [2.75, 3.05) is 18.0 Å². The molecule has 0 aliphatic carbocycles. The Morgan fingerprint density at radius 2 is 2.38 bits per heavy atom. The Labute approximate surface area is 144 Å². The zero-order chi connectivity index (χ0) is 17.1. The van der Waals surface area contributed by atoms with Crippen LogP contribution in [0.1, 0.15) is 28.1 Å². The van der Waals surface area contributed by atoms with Crippen molar-refractivity contribution >= 4 is 23.1 Å². The molecule has 1 aliphatic heterocycles. The summed E-state index contributed by atoms with van der Waals surface area (Å²) in [5.74, 6) is 0.117. The van der Waals surface area contributed by atoms with Crippen molar-refractivity contribution in [3.05, 3.63) is 44.6 Å². The van der Waals surface area contributed by atoms with Gasteiger partial charge in [0, 0.05) is 55.4 Å². The standard InChI is InChI=1S/C16H21N5O2S/c1-20-6-4-18-15(16(20)23)21-5-2-3-12(9-21)19-8-13-7-11(10-24-13)14(17)22/h4,6-7,10,12,19H,2-3,5,8-9H2,1H3,(H2,17,22)/t12-/m1/s1. The van der Waals surface area contributed by atoms with Crippen molar-refractivity contribution in [2.45, 2.75) is 25.4 Å². The lowest BCUT2D eigenvalue weighted by atomic mass is 10.1. The Bertz CT molecular complexity index is 785. The smallest absolute Gasteiger partial charge is 0.293 e. The molecule has 24 heavy (non-hydrogen) atoms. The molecule has 3 rings (SSSR count). The highest BCUT2D eigenvalue weighted by molar-refractivity contribution is 7.10. The number of piperidine rings is 1. The van der Waals surface area contributed by atoms with Crippen LogP contribution >= 0.6 is 11.3 Å². The number of hydrogen-bond donors (Lipinski definition) is 2. The van der Waals surface area contributed by atoms with Crippen molar-refractivity contribution in [3.63, 3.8) is 0 Å². The molecule has 0 spiro atoms. The summed E-state index contributed by atoms with van der Waals surface area (Å²) in [6.45, 7) is 2.28. The van der Waals surface area contributed by atoms with Crippen LogP contribution in [0.25, 0.3) is 0 Å². The largest absolute Gasteiger partial charge is 0.366 e. The fourth-order valence-electron chi connectivity index (χ4n) is 2.89. The van der Waals surface area contributed by atoms with Crippen LogP contribution in [0, 0.1) is 0 Å². The van der Waals surface area contributed by atoms with Crippen LogP contribution in [0.15, 0.2) is 28.6 Å². The summed E-state index contributed by atoms with van der Waals surface area (Å²) in [6, 6.07) is 2.11. The zero-order valence-corrected chi connectivity index (χ0v) is 14.4. The molecule has 0 radical (unpaired) electrons. The number of hydrogen-bond acceptors (Lipinski definition) is 6. The van der Waals surface area contributed by atoms with E-state index in [1.807, 2.05) is 11.0 Å². The van der Waals surface area contributed by atoms with Gasteiger partial charge in [-0.2, -0.15) is 0 Å². The molecule has 7 nitrogen and oxygen atoms in total. The molecule has 0 unspecified atom stereocenters. The van der Waals surface area contributed by atoms with E-state index >= 15 is 0 Å². The third kappa shape index (κ3) is 3.65. The SMILES string of the molecule is Cn1ccnc(N2CCC[C@@H](NCc3cc(C(N)=O)cs3)C2)c1=O. The van der Waals surface area contributed by atoms with Gasteiger partial charge in [-0.05, 0) is 18.9 Å². The van der Waals surface area contributed by atoms with Crippen molar-refractivity contribution in [3.8, 4) is 0 Å². The molecule has 1 atom stereocenters. The summed E-state index contributed by atoms with van der Waals surface area (Å²) in [7, 11) is 1.74. The minimum Gasteiger partial charge on any atom is -0.366 e. The van der Waals surface area contributed by atoms with E-state index in [0.717, 1.165) is 30.8 Å². The lowest BCUT2D eigenvalue weighted by Crippen LogP contribution is -2.47. The van der Waals surface area contributed by atoms with Gasteiger partial charge in [0.15, 0.2) is 5.82 Å². The molecule has 1 aliphatic rings. The third-order valence-electron chi connectivity index (χ3n) is 4.22. The Hall–Kier alpha value is -2.19. The molecule has 0 aromatic carbocycles. The van der Waals surface area contributed by atoms with Crippen molar-refractivity contribution in [1.29, 1.82) is 0 Å². The fourth-order valence-corrected chi connectivity index (χ4v) is 3.71. The lowest BCUT2D eigenvalue weighted by Gasteiger charge is -2.33. The zero-order valence-electron chi connectivity index (χ0n) is 13.6. The second-order valence-corrected chi connectivity index (χ2v) is 6.99. The first-order valence-corrected chi connectivity index (χ1v) is 8.79. The number of thiophene rings is 1. The minimum absolute atomic E-state index is 0.0671. The molecule has 8 heteroatoms. The third-order valence-corrected chi connectivity index (χ3v) is 5.16. The fraction of sp³-hybridized carbons (Fsp3) is 0.438. The monoisotopic (exact) mass is 347 g/mol. The predicted molar refractivity (Wildman–Crippen MR) is 94.4 cm³/mol. The van der Waals surface area contributed by atoms with Crippen molar-refractivity contribution < 1.29 is 4.79 Å². The van der Waals surface area contributed by atoms with Gasteiger partial charge in [-0.15, -0.1) is 11.3 Å². The maximum absolute atomic E-state index is 12.2. The number of nitrogens with one attached hydrogen (secondary N) is 1. The van der Waals surface area contributed by atoms with Gasteiger partial charge in [0.1, 0.15) is 0 Å². The van der Waals surface area contributed by atoms with E-state index in [2.05, 4.69) is 10.3 Å². The molecular weight excluding hydrogens is 326 g/mol. The van der Waals surface area contributed by atoms with Crippen LogP contribution in [0.4, 0.5) is 5.82 Å². The Morgan fingerprint density at radius 1 is 1.54 bits per heavy atom. The number of amides is 1. The van der Waals surface area contributed by atoms with Crippen LogP contribution in [-0.2, 0) is 13.6 Å². The number of carbonyl (C=O) groups is 1. The summed E-state index contributed by atoms with van der Waals surface area (Å²) in [5, 5.41) is 5.29. The number of nitrogens with two attached hydrogens (primary N) is 1. The molecule has 0 bridgehead atoms. The average molecular weight is 347 g/mol. The molecule has 0 saturated carbocycles. The molecule has 2 aromatic rings. The topological polar surface area (TPSA) is 93.2 Å². The van der Waals surface area contributed by atoms with Crippen molar-refractivity contribution in [1.82, 2.24) is 14.9 Å². The first kappa shape index (κ1) is 16.7. The van der Waals surface area contributed by atoms with Gasteiger partial charge >= 0.3 is 0 Å². The van der Waals surface area contributed by atoms with Gasteiger partial charge < -0.3 is 20.5 Å². The summed E-state index contributed by atoms with van der Waals surface area (Å²) in [4.78, 5) is 30.7. The van der Waals surface area contributed by atoms with Gasteiger partial charge in [-0.1, -0.05) is 0 Å². The minimum atomic E-state index is -0.396. The normalized spacial score (nSPS) is 17.9. The van der Waals surface area contributed by atoms with Gasteiger partial charge in [-0.3, -0.25) is 9.59 Å². The number of rotatable bonds is 5. The number of aryl methyl sites for hydroxylation is 1. The predicted octanol–water partition coefficient (Wildman–Crippen LogP) is 0.699. The van der Waals surface area contributed by atoms with Crippen molar-refractivity contribution in [2.24, 2.45) is 12.8 Å². The molecule has 3 N–H and O–H groups in total. The molecule has 1 amide bonds. The van der Waals surface area contributed by atoms with Crippen LogP contribution in [0.2, 0.25) is 0 Å². The number of anilines is 1. The maximum Gasteiger partial charge on any atom is 0.293 e. The molecular formula is C16H21N5O2S. The molecule has 1 saturated heterocycles. The maximum atomic E-state index is 12.2. The van der Waals surface area contributed by atoms with E-state index < -0.39 is 5.91 Å². The van der Waals surface area contributed by atoms with E-state index in [0.29, 0.717) is 17.9 Å². The first-order valence-electron chi connectivity index (χ1n) is 7.92. The van der Waals surface area contributed by atoms with E-state index in [1.54, 1.807) is 29.4 Å². The van der Waals surface area contributed by atoms with Crippen LogP contribution in [0.3, 0.4) is 0 Å². The molecule has 1 fully saturated rings. The Morgan fingerprint density at radius 3 is 3.12 bits per heavy atom. The second-order valence-electron chi connectivity index (χ2n) is 6.00. The number of nitrogens with zero attached hydrogens (tertiary/aromatic N) is 3.